The van der Waals surface area contributed by atoms with Crippen molar-refractivity contribution < 1.29 is 27.4 Å². The summed E-state index contributed by atoms with van der Waals surface area (Å²) in [6.45, 7) is 5.55. The van der Waals surface area contributed by atoms with Gasteiger partial charge in [-0.15, -0.1) is 0 Å². The van der Waals surface area contributed by atoms with Crippen LogP contribution in [0.2, 0.25) is 0 Å². The largest absolute Gasteiger partial charge is 0.484 e. The number of piperazine rings is 1. The number of amides is 1. The molecule has 37 heavy (non-hydrogen) atoms. The van der Waals surface area contributed by atoms with Crippen molar-refractivity contribution in [2.75, 3.05) is 44.3 Å². The third-order valence-electron chi connectivity index (χ3n) is 6.45. The SMILES string of the molecule is Cc1ccccc1NS(=O)(=O)c1ccc(OCC(=O)N2CCN(Cc3ccc4c(c3)OCO4)CC2)cc1. The molecule has 1 N–H and O–H groups in total. The predicted molar refractivity (Wildman–Crippen MR) is 138 cm³/mol. The second kappa shape index (κ2) is 10.7. The lowest BCUT2D eigenvalue weighted by molar-refractivity contribution is -0.135. The Morgan fingerprint density at radius 2 is 1.68 bits per heavy atom. The Hall–Kier alpha value is -3.76. The Morgan fingerprint density at radius 1 is 0.946 bits per heavy atom. The van der Waals surface area contributed by atoms with Gasteiger partial charge in [-0.2, -0.15) is 0 Å². The Balaban J connectivity index is 1.08. The number of nitrogens with one attached hydrogen (secondary N) is 1. The third-order valence-corrected chi connectivity index (χ3v) is 7.84. The van der Waals surface area contributed by atoms with E-state index in [9.17, 15) is 13.2 Å². The maximum absolute atomic E-state index is 12.7. The molecule has 9 nitrogen and oxygen atoms in total. The van der Waals surface area contributed by atoms with Crippen LogP contribution in [0.5, 0.6) is 17.2 Å². The molecule has 2 heterocycles. The lowest BCUT2D eigenvalue weighted by Gasteiger charge is -2.34. The maximum Gasteiger partial charge on any atom is 0.261 e. The van der Waals surface area contributed by atoms with Gasteiger partial charge >= 0.3 is 0 Å². The van der Waals surface area contributed by atoms with Gasteiger partial charge in [-0.1, -0.05) is 24.3 Å². The van der Waals surface area contributed by atoms with Crippen LogP contribution in [0, 0.1) is 6.92 Å². The van der Waals surface area contributed by atoms with E-state index < -0.39 is 10.0 Å². The van der Waals surface area contributed by atoms with Crippen molar-refractivity contribution in [1.29, 1.82) is 0 Å². The van der Waals surface area contributed by atoms with Crippen molar-refractivity contribution in [2.24, 2.45) is 0 Å². The van der Waals surface area contributed by atoms with E-state index in [1.54, 1.807) is 29.2 Å². The quantitative estimate of drug-likeness (QED) is 0.484. The highest BCUT2D eigenvalue weighted by molar-refractivity contribution is 7.92. The molecule has 5 rings (SSSR count). The summed E-state index contributed by atoms with van der Waals surface area (Å²) in [5.41, 5.74) is 2.51. The molecule has 2 aliphatic rings. The first kappa shape index (κ1) is 24.9. The van der Waals surface area contributed by atoms with Crippen molar-refractivity contribution in [3.8, 4) is 17.2 Å². The number of hydrogen-bond acceptors (Lipinski definition) is 7. The molecule has 0 unspecified atom stereocenters. The van der Waals surface area contributed by atoms with Gasteiger partial charge in [0, 0.05) is 32.7 Å². The van der Waals surface area contributed by atoms with Crippen molar-refractivity contribution in [2.45, 2.75) is 18.4 Å². The van der Waals surface area contributed by atoms with Crippen molar-refractivity contribution in [3.63, 3.8) is 0 Å². The van der Waals surface area contributed by atoms with Crippen LogP contribution in [0.25, 0.3) is 0 Å². The fraction of sp³-hybridized carbons (Fsp3) is 0.296. The molecular weight excluding hydrogens is 494 g/mol. The molecular formula is C27H29N3O6S. The summed E-state index contributed by atoms with van der Waals surface area (Å²) in [5.74, 6) is 1.89. The zero-order valence-corrected chi connectivity index (χ0v) is 21.4. The minimum atomic E-state index is -3.73. The number of aryl methyl sites for hydroxylation is 1. The molecule has 0 radical (unpaired) electrons. The molecule has 1 saturated heterocycles. The topological polar surface area (TPSA) is 97.4 Å². The van der Waals surface area contributed by atoms with Gasteiger partial charge in [0.05, 0.1) is 10.6 Å². The van der Waals surface area contributed by atoms with E-state index in [1.165, 1.54) is 12.1 Å². The number of anilines is 1. The number of benzene rings is 3. The van der Waals surface area contributed by atoms with Crippen LogP contribution in [0.1, 0.15) is 11.1 Å². The van der Waals surface area contributed by atoms with Crippen molar-refractivity contribution >= 4 is 21.6 Å². The minimum Gasteiger partial charge on any atom is -0.484 e. The molecule has 0 aromatic heterocycles. The Morgan fingerprint density at radius 3 is 2.43 bits per heavy atom. The Bertz CT molecular complexity index is 1370. The Kier molecular flexibility index (Phi) is 7.20. The van der Waals surface area contributed by atoms with Gasteiger partial charge in [0.2, 0.25) is 6.79 Å². The molecule has 0 bridgehead atoms. The normalized spacial score (nSPS) is 15.4. The van der Waals surface area contributed by atoms with Crippen molar-refractivity contribution in [1.82, 2.24) is 9.80 Å². The van der Waals surface area contributed by atoms with Crippen LogP contribution in [0.15, 0.2) is 71.6 Å². The summed E-state index contributed by atoms with van der Waals surface area (Å²) in [6, 6.07) is 19.2. The van der Waals surface area contributed by atoms with Gasteiger partial charge in [-0.25, -0.2) is 8.42 Å². The van der Waals surface area contributed by atoms with E-state index in [4.69, 9.17) is 14.2 Å². The fourth-order valence-corrected chi connectivity index (χ4v) is 5.43. The number of nitrogens with zero attached hydrogens (tertiary/aromatic N) is 2. The molecule has 10 heteroatoms. The summed E-state index contributed by atoms with van der Waals surface area (Å²) in [6.07, 6.45) is 0. The monoisotopic (exact) mass is 523 g/mol. The zero-order chi connectivity index (χ0) is 25.8. The average molecular weight is 524 g/mol. The molecule has 3 aromatic carbocycles. The van der Waals surface area contributed by atoms with Crippen LogP contribution in [0.4, 0.5) is 5.69 Å². The van der Waals surface area contributed by atoms with E-state index >= 15 is 0 Å². The molecule has 2 aliphatic heterocycles. The Labute approximate surface area is 216 Å². The van der Waals surface area contributed by atoms with E-state index in [0.717, 1.165) is 42.3 Å². The summed E-state index contributed by atoms with van der Waals surface area (Å²) in [7, 11) is -3.73. The highest BCUT2D eigenvalue weighted by Crippen LogP contribution is 2.33. The maximum atomic E-state index is 12.7. The predicted octanol–water partition coefficient (Wildman–Crippen LogP) is 3.25. The van der Waals surface area contributed by atoms with E-state index in [0.29, 0.717) is 24.5 Å². The average Bonchev–Trinajstić information content (AvgIpc) is 3.37. The number of carbonyl (C=O) groups is 1. The lowest BCUT2D eigenvalue weighted by atomic mass is 10.1. The van der Waals surface area contributed by atoms with Crippen LogP contribution in [0.3, 0.4) is 0 Å². The molecule has 194 valence electrons. The van der Waals surface area contributed by atoms with Crippen LogP contribution >= 0.6 is 0 Å². The number of carbonyl (C=O) groups excluding carboxylic acids is 1. The lowest BCUT2D eigenvalue weighted by Crippen LogP contribution is -2.49. The number of para-hydroxylation sites is 1. The first-order valence-corrected chi connectivity index (χ1v) is 13.6. The summed E-state index contributed by atoms with van der Waals surface area (Å²) >= 11 is 0. The summed E-state index contributed by atoms with van der Waals surface area (Å²) in [4.78, 5) is 16.9. The van der Waals surface area contributed by atoms with Gasteiger partial charge in [0.25, 0.3) is 15.9 Å². The molecule has 1 fully saturated rings. The highest BCUT2D eigenvalue weighted by Gasteiger charge is 2.22. The van der Waals surface area contributed by atoms with Gasteiger partial charge in [0.1, 0.15) is 5.75 Å². The van der Waals surface area contributed by atoms with Gasteiger partial charge < -0.3 is 19.1 Å². The standard InChI is InChI=1S/C27H29N3O6S/c1-20-4-2-3-5-24(20)28-37(32,33)23-9-7-22(8-10-23)34-18-27(31)30-14-12-29(13-15-30)17-21-6-11-25-26(16-21)36-19-35-25/h2-11,16,28H,12-15,17-19H2,1H3. The molecule has 3 aromatic rings. The van der Waals surface area contributed by atoms with Gasteiger partial charge in [-0.05, 0) is 60.5 Å². The first-order valence-electron chi connectivity index (χ1n) is 12.1. The number of ether oxygens (including phenoxy) is 3. The molecule has 0 spiro atoms. The number of hydrogen-bond donors (Lipinski definition) is 1. The minimum absolute atomic E-state index is 0.0966. The zero-order valence-electron chi connectivity index (χ0n) is 20.6. The highest BCUT2D eigenvalue weighted by atomic mass is 32.2. The van der Waals surface area contributed by atoms with Crippen LogP contribution < -0.4 is 18.9 Å². The van der Waals surface area contributed by atoms with Crippen LogP contribution in [-0.4, -0.2) is 63.7 Å². The first-order chi connectivity index (χ1) is 17.9. The van der Waals surface area contributed by atoms with Gasteiger partial charge in [0.15, 0.2) is 18.1 Å². The second-order valence-corrected chi connectivity index (χ2v) is 10.7. The van der Waals surface area contributed by atoms with E-state index in [2.05, 4.69) is 9.62 Å². The number of sulfonamides is 1. The third kappa shape index (κ3) is 5.98. The van der Waals surface area contributed by atoms with Gasteiger partial charge in [-0.3, -0.25) is 14.4 Å². The van der Waals surface area contributed by atoms with Crippen molar-refractivity contribution in [3.05, 3.63) is 77.9 Å². The van der Waals surface area contributed by atoms with E-state index in [-0.39, 0.29) is 24.2 Å². The molecule has 1 amide bonds. The summed E-state index contributed by atoms with van der Waals surface area (Å²) < 4.78 is 44.5. The van der Waals surface area contributed by atoms with E-state index in [1.807, 2.05) is 37.3 Å². The van der Waals surface area contributed by atoms with Crippen LogP contribution in [-0.2, 0) is 21.4 Å². The fourth-order valence-electron chi connectivity index (χ4n) is 4.30. The second-order valence-electron chi connectivity index (χ2n) is 9.03. The smallest absolute Gasteiger partial charge is 0.261 e. The molecule has 0 aliphatic carbocycles. The number of rotatable bonds is 8. The molecule has 0 saturated carbocycles. The molecule has 0 atom stereocenters. The number of fused-ring (bicyclic) bond motifs is 1. The summed E-state index contributed by atoms with van der Waals surface area (Å²) in [5, 5.41) is 0.